The van der Waals surface area contributed by atoms with Crippen LogP contribution in [0.15, 0.2) is 24.3 Å². The molecule has 0 fully saturated rings. The zero-order valence-corrected chi connectivity index (χ0v) is 26.8. The van der Waals surface area contributed by atoms with E-state index < -0.39 is 12.0 Å². The first-order valence-corrected chi connectivity index (χ1v) is 15.5. The van der Waals surface area contributed by atoms with Gasteiger partial charge in [-0.2, -0.15) is 0 Å². The molecule has 3 N–H and O–H groups in total. The molecule has 244 valence electrons. The van der Waals surface area contributed by atoms with Gasteiger partial charge in [0.15, 0.2) is 11.5 Å². The van der Waals surface area contributed by atoms with Gasteiger partial charge < -0.3 is 39.6 Å². The van der Waals surface area contributed by atoms with E-state index in [1.165, 1.54) is 5.56 Å². The third kappa shape index (κ3) is 10.1. The molecule has 1 atom stereocenters. The number of fused-ring (bicyclic) bond motifs is 1. The highest BCUT2D eigenvalue weighted by atomic mass is 16.5. The molecular weight excluding hydrogens is 566 g/mol. The van der Waals surface area contributed by atoms with Gasteiger partial charge >= 0.3 is 12.0 Å². The Morgan fingerprint density at radius 3 is 2.39 bits per heavy atom. The number of hydrogen-bond acceptors (Lipinski definition) is 9. The van der Waals surface area contributed by atoms with Crippen molar-refractivity contribution in [1.82, 2.24) is 20.1 Å². The molecule has 2 aromatic rings. The zero-order valence-electron chi connectivity index (χ0n) is 26.8. The number of methoxy groups -OCH3 is 3. The monoisotopic (exact) mass is 615 g/mol. The number of rotatable bonds is 19. The van der Waals surface area contributed by atoms with Crippen LogP contribution >= 0.6 is 0 Å². The molecule has 1 aliphatic rings. The molecule has 12 heteroatoms. The van der Waals surface area contributed by atoms with E-state index in [1.54, 1.807) is 38.4 Å². The van der Waals surface area contributed by atoms with Crippen LogP contribution in [0, 0.1) is 0 Å². The number of ether oxygens (including phenoxy) is 4. The Kier molecular flexibility index (Phi) is 14.1. The first-order valence-electron chi connectivity index (χ1n) is 15.5. The fourth-order valence-corrected chi connectivity index (χ4v) is 5.24. The molecular formula is C32H49N5O7. The Morgan fingerprint density at radius 1 is 1.02 bits per heavy atom. The number of pyridine rings is 1. The molecule has 0 radical (unpaired) electrons. The summed E-state index contributed by atoms with van der Waals surface area (Å²) in [5, 5.41) is 15.9. The number of benzene rings is 1. The summed E-state index contributed by atoms with van der Waals surface area (Å²) in [7, 11) is 4.65. The minimum atomic E-state index is -1.05. The summed E-state index contributed by atoms with van der Waals surface area (Å²) < 4.78 is 22.3. The molecule has 2 heterocycles. The normalized spacial score (nSPS) is 13.0. The lowest BCUT2D eigenvalue weighted by molar-refractivity contribution is -0.139. The quantitative estimate of drug-likeness (QED) is 0.199. The topological polar surface area (TPSA) is 135 Å². The van der Waals surface area contributed by atoms with Crippen molar-refractivity contribution in [2.24, 2.45) is 0 Å². The highest BCUT2D eigenvalue weighted by molar-refractivity contribution is 5.82. The van der Waals surface area contributed by atoms with E-state index in [1.807, 2.05) is 13.8 Å². The Morgan fingerprint density at radius 2 is 1.75 bits per heavy atom. The second-order valence-electron chi connectivity index (χ2n) is 10.7. The summed E-state index contributed by atoms with van der Waals surface area (Å²) >= 11 is 0. The van der Waals surface area contributed by atoms with Gasteiger partial charge in [-0.25, -0.2) is 14.6 Å². The van der Waals surface area contributed by atoms with Crippen LogP contribution in [0.1, 0.15) is 50.8 Å². The summed E-state index contributed by atoms with van der Waals surface area (Å²) in [5.41, 5.74) is 2.35. The molecule has 0 saturated heterocycles. The van der Waals surface area contributed by atoms with Gasteiger partial charge in [-0.15, -0.1) is 0 Å². The number of anilines is 1. The number of aryl methyl sites for hydroxylation is 2. The van der Waals surface area contributed by atoms with E-state index in [-0.39, 0.29) is 12.5 Å². The molecule has 0 bridgehead atoms. The molecule has 2 amide bonds. The minimum absolute atomic E-state index is 0.268. The Hall–Kier alpha value is -3.93. The average Bonchev–Trinajstić information content (AvgIpc) is 3.04. The number of carbonyl (C=O) groups excluding carboxylic acids is 1. The molecule has 12 nitrogen and oxygen atoms in total. The fourth-order valence-electron chi connectivity index (χ4n) is 5.24. The number of carbonyl (C=O) groups is 2. The number of carboxylic acids is 1. The second-order valence-corrected chi connectivity index (χ2v) is 10.7. The molecule has 0 saturated carbocycles. The van der Waals surface area contributed by atoms with Crippen molar-refractivity contribution in [3.63, 3.8) is 0 Å². The predicted molar refractivity (Wildman–Crippen MR) is 170 cm³/mol. The lowest BCUT2D eigenvalue weighted by atomic mass is 10.1. The van der Waals surface area contributed by atoms with Gasteiger partial charge in [0.2, 0.25) is 5.75 Å². The third-order valence-electron chi connectivity index (χ3n) is 7.80. The molecule has 3 rings (SSSR count). The van der Waals surface area contributed by atoms with Gasteiger partial charge in [-0.05, 0) is 70.5 Å². The highest BCUT2D eigenvalue weighted by Crippen LogP contribution is 2.40. The number of unbranched alkanes of at least 4 members (excludes halogenated alkanes) is 1. The van der Waals surface area contributed by atoms with Gasteiger partial charge in [-0.3, -0.25) is 4.90 Å². The zero-order chi connectivity index (χ0) is 31.9. The fraction of sp³-hybridized carbons (Fsp3) is 0.594. The van der Waals surface area contributed by atoms with Crippen molar-refractivity contribution in [3.8, 4) is 23.0 Å². The SMILES string of the molecule is CCN(CC)C(=O)N[C@@H](CCN(CCCCc1ccc2c(n1)NCCC2)CCOc1cc(OC)c(OC)c(OC)c1)C(=O)O. The van der Waals surface area contributed by atoms with Gasteiger partial charge in [0, 0.05) is 50.6 Å². The van der Waals surface area contributed by atoms with Crippen molar-refractivity contribution in [3.05, 3.63) is 35.5 Å². The number of amides is 2. The van der Waals surface area contributed by atoms with Crippen LogP contribution in [-0.2, 0) is 17.6 Å². The largest absolute Gasteiger partial charge is 0.493 e. The van der Waals surface area contributed by atoms with Gasteiger partial charge in [0.25, 0.3) is 0 Å². The molecule has 0 unspecified atom stereocenters. The van der Waals surface area contributed by atoms with Gasteiger partial charge in [0.1, 0.15) is 24.2 Å². The van der Waals surface area contributed by atoms with E-state index in [0.29, 0.717) is 55.8 Å². The first kappa shape index (κ1) is 34.6. The Labute approximate surface area is 261 Å². The second kappa shape index (κ2) is 18.0. The lowest BCUT2D eigenvalue weighted by Gasteiger charge is -2.26. The summed E-state index contributed by atoms with van der Waals surface area (Å²) in [6, 6.07) is 6.42. The van der Waals surface area contributed by atoms with Crippen molar-refractivity contribution >= 4 is 17.8 Å². The van der Waals surface area contributed by atoms with Crippen LogP contribution in [0.3, 0.4) is 0 Å². The number of hydrogen-bond donors (Lipinski definition) is 3. The van der Waals surface area contributed by atoms with Gasteiger partial charge in [0.05, 0.1) is 21.3 Å². The number of carboxylic acid groups (broad SMARTS) is 1. The Balaban J connectivity index is 1.61. The molecule has 0 aliphatic carbocycles. The summed E-state index contributed by atoms with van der Waals surface area (Å²) in [6.07, 6.45) is 5.18. The van der Waals surface area contributed by atoms with Crippen LogP contribution in [0.4, 0.5) is 10.6 Å². The molecule has 1 aromatic carbocycles. The van der Waals surface area contributed by atoms with Crippen molar-refractivity contribution < 1.29 is 33.6 Å². The van der Waals surface area contributed by atoms with Crippen LogP contribution in [0.5, 0.6) is 23.0 Å². The van der Waals surface area contributed by atoms with Gasteiger partial charge in [-0.1, -0.05) is 6.07 Å². The highest BCUT2D eigenvalue weighted by Gasteiger charge is 2.23. The lowest BCUT2D eigenvalue weighted by Crippen LogP contribution is -2.49. The van der Waals surface area contributed by atoms with Crippen LogP contribution < -0.4 is 29.6 Å². The van der Waals surface area contributed by atoms with Crippen molar-refractivity contribution in [1.29, 1.82) is 0 Å². The van der Waals surface area contributed by atoms with Crippen LogP contribution in [0.25, 0.3) is 0 Å². The average molecular weight is 616 g/mol. The maximum Gasteiger partial charge on any atom is 0.326 e. The number of aromatic nitrogens is 1. The molecule has 1 aromatic heterocycles. The molecule has 1 aliphatic heterocycles. The Bertz CT molecular complexity index is 1180. The van der Waals surface area contributed by atoms with Crippen molar-refractivity contribution in [2.45, 2.75) is 58.4 Å². The first-order chi connectivity index (χ1) is 21.3. The number of nitrogens with one attached hydrogen (secondary N) is 2. The smallest absolute Gasteiger partial charge is 0.326 e. The third-order valence-corrected chi connectivity index (χ3v) is 7.80. The van der Waals surface area contributed by atoms with E-state index in [4.69, 9.17) is 23.9 Å². The van der Waals surface area contributed by atoms with Crippen LogP contribution in [0.2, 0.25) is 0 Å². The van der Waals surface area contributed by atoms with E-state index >= 15 is 0 Å². The number of aliphatic carboxylic acids is 1. The minimum Gasteiger partial charge on any atom is -0.493 e. The maximum atomic E-state index is 12.6. The summed E-state index contributed by atoms with van der Waals surface area (Å²) in [5.74, 6) is 2.01. The summed E-state index contributed by atoms with van der Waals surface area (Å²) in [4.78, 5) is 33.1. The van der Waals surface area contributed by atoms with Crippen molar-refractivity contribution in [2.75, 3.05) is 72.5 Å². The van der Waals surface area contributed by atoms with E-state index in [2.05, 4.69) is 27.7 Å². The van der Waals surface area contributed by atoms with E-state index in [0.717, 1.165) is 56.7 Å². The molecule has 44 heavy (non-hydrogen) atoms. The summed E-state index contributed by atoms with van der Waals surface area (Å²) in [6.45, 7) is 7.86. The predicted octanol–water partition coefficient (Wildman–Crippen LogP) is 4.06. The number of nitrogens with zero attached hydrogens (tertiary/aromatic N) is 3. The maximum absolute atomic E-state index is 12.6. The van der Waals surface area contributed by atoms with Crippen LogP contribution in [-0.4, -0.2) is 105 Å². The van der Waals surface area contributed by atoms with E-state index in [9.17, 15) is 14.7 Å². The molecule has 0 spiro atoms. The number of urea groups is 1. The standard InChI is InChI=1S/C32H49N5O7/c1-6-37(7-2)32(40)35-26(31(38)39)15-18-36(17-9-8-12-24-14-13-23-11-10-16-33-30(23)34-24)19-20-44-25-21-27(41-3)29(43-5)28(22-25)42-4/h13-14,21-22,26H,6-12,15-20H2,1-5H3,(H,33,34)(H,35,40)(H,38,39)/t26-/m0/s1.